The summed E-state index contributed by atoms with van der Waals surface area (Å²) in [7, 11) is 0. The smallest absolute Gasteiger partial charge is 0.227 e. The van der Waals surface area contributed by atoms with Crippen LogP contribution in [0.1, 0.15) is 51.9 Å². The summed E-state index contributed by atoms with van der Waals surface area (Å²) < 4.78 is 5.42. The Morgan fingerprint density at radius 1 is 1.00 bits per heavy atom. The molecule has 1 saturated carbocycles. The number of rotatable bonds is 5. The standard InChI is InChI=1S/C21H30N2O3/c1-2-26-19-12-10-18(11-13-19)22-20(24)16-6-8-17(9-7-16)21(25)23-14-4-3-5-15-23/h10-13,16-17H,2-9,14-15H2,1H3,(H,22,24). The van der Waals surface area contributed by atoms with E-state index in [4.69, 9.17) is 4.74 Å². The molecule has 0 aromatic heterocycles. The van der Waals surface area contributed by atoms with Crippen molar-refractivity contribution >= 4 is 17.5 Å². The van der Waals surface area contributed by atoms with Crippen LogP contribution in [0.15, 0.2) is 24.3 Å². The number of hydrogen-bond acceptors (Lipinski definition) is 3. The Bertz CT molecular complexity index is 600. The summed E-state index contributed by atoms with van der Waals surface area (Å²) in [6, 6.07) is 7.48. The predicted molar refractivity (Wildman–Crippen MR) is 102 cm³/mol. The Morgan fingerprint density at radius 3 is 2.23 bits per heavy atom. The van der Waals surface area contributed by atoms with E-state index in [1.807, 2.05) is 36.1 Å². The summed E-state index contributed by atoms with van der Waals surface area (Å²) in [4.78, 5) is 27.2. The van der Waals surface area contributed by atoms with Crippen molar-refractivity contribution in [2.45, 2.75) is 51.9 Å². The summed E-state index contributed by atoms with van der Waals surface area (Å²) in [5, 5.41) is 3.00. The van der Waals surface area contributed by atoms with Gasteiger partial charge in [-0.15, -0.1) is 0 Å². The van der Waals surface area contributed by atoms with Gasteiger partial charge in [-0.05, 0) is 76.1 Å². The maximum Gasteiger partial charge on any atom is 0.227 e. The van der Waals surface area contributed by atoms with Gasteiger partial charge in [0.2, 0.25) is 11.8 Å². The van der Waals surface area contributed by atoms with Gasteiger partial charge in [-0.3, -0.25) is 9.59 Å². The third-order valence-corrected chi connectivity index (χ3v) is 5.55. The number of nitrogens with one attached hydrogen (secondary N) is 1. The highest BCUT2D eigenvalue weighted by Gasteiger charge is 2.32. The van der Waals surface area contributed by atoms with Gasteiger partial charge in [0.1, 0.15) is 5.75 Å². The number of nitrogens with zero attached hydrogens (tertiary/aromatic N) is 1. The SMILES string of the molecule is CCOc1ccc(NC(=O)C2CCC(C(=O)N3CCCCC3)CC2)cc1. The molecule has 2 fully saturated rings. The molecule has 1 heterocycles. The molecule has 1 aromatic rings. The summed E-state index contributed by atoms with van der Waals surface area (Å²) in [5.41, 5.74) is 0.796. The van der Waals surface area contributed by atoms with Crippen LogP contribution in [0.25, 0.3) is 0 Å². The van der Waals surface area contributed by atoms with E-state index in [2.05, 4.69) is 5.32 Å². The number of carbonyl (C=O) groups excluding carboxylic acids is 2. The summed E-state index contributed by atoms with van der Waals surface area (Å²) in [5.74, 6) is 1.31. The maximum atomic E-state index is 12.6. The molecular formula is C21H30N2O3. The van der Waals surface area contributed by atoms with Crippen molar-refractivity contribution in [3.05, 3.63) is 24.3 Å². The molecule has 1 aliphatic heterocycles. The number of carbonyl (C=O) groups is 2. The van der Waals surface area contributed by atoms with Crippen molar-refractivity contribution < 1.29 is 14.3 Å². The predicted octanol–water partition coefficient (Wildman–Crippen LogP) is 3.84. The van der Waals surface area contributed by atoms with Crippen LogP contribution in [0.2, 0.25) is 0 Å². The molecule has 1 N–H and O–H groups in total. The van der Waals surface area contributed by atoms with Crippen LogP contribution in [-0.4, -0.2) is 36.4 Å². The van der Waals surface area contributed by atoms with E-state index in [0.29, 0.717) is 12.5 Å². The molecule has 2 aliphatic rings. The van der Waals surface area contributed by atoms with Gasteiger partial charge in [0.25, 0.3) is 0 Å². The third kappa shape index (κ3) is 4.77. The van der Waals surface area contributed by atoms with Crippen LogP contribution in [-0.2, 0) is 9.59 Å². The first-order valence-electron chi connectivity index (χ1n) is 10.00. The number of ether oxygens (including phenoxy) is 1. The first-order chi connectivity index (χ1) is 12.7. The van der Waals surface area contributed by atoms with Crippen LogP contribution >= 0.6 is 0 Å². The van der Waals surface area contributed by atoms with Crippen LogP contribution < -0.4 is 10.1 Å². The second kappa shape index (κ2) is 9.06. The fourth-order valence-electron chi connectivity index (χ4n) is 4.02. The zero-order chi connectivity index (χ0) is 18.4. The van der Waals surface area contributed by atoms with Crippen LogP contribution in [0.3, 0.4) is 0 Å². The highest BCUT2D eigenvalue weighted by atomic mass is 16.5. The van der Waals surface area contributed by atoms with E-state index in [9.17, 15) is 9.59 Å². The Labute approximate surface area is 156 Å². The zero-order valence-electron chi connectivity index (χ0n) is 15.7. The number of hydrogen-bond donors (Lipinski definition) is 1. The highest BCUT2D eigenvalue weighted by molar-refractivity contribution is 5.92. The van der Waals surface area contributed by atoms with Crippen molar-refractivity contribution in [1.82, 2.24) is 4.90 Å². The first-order valence-corrected chi connectivity index (χ1v) is 10.00. The lowest BCUT2D eigenvalue weighted by atomic mass is 9.80. The third-order valence-electron chi connectivity index (χ3n) is 5.55. The normalized spacial score (nSPS) is 23.3. The average Bonchev–Trinajstić information content (AvgIpc) is 2.70. The molecule has 0 atom stereocenters. The van der Waals surface area contributed by atoms with E-state index in [1.54, 1.807) is 0 Å². The molecule has 142 valence electrons. The van der Waals surface area contributed by atoms with Crippen LogP contribution in [0.4, 0.5) is 5.69 Å². The first kappa shape index (κ1) is 18.7. The fourth-order valence-corrected chi connectivity index (χ4v) is 4.02. The molecule has 1 saturated heterocycles. The molecule has 3 rings (SSSR count). The molecule has 0 bridgehead atoms. The molecule has 1 aromatic carbocycles. The lowest BCUT2D eigenvalue weighted by Gasteiger charge is -2.33. The lowest BCUT2D eigenvalue weighted by Crippen LogP contribution is -2.41. The number of likely N-dealkylation sites (tertiary alicyclic amines) is 1. The minimum absolute atomic E-state index is 0.00646. The van der Waals surface area contributed by atoms with Gasteiger partial charge in [-0.2, -0.15) is 0 Å². The van der Waals surface area contributed by atoms with Gasteiger partial charge in [-0.25, -0.2) is 0 Å². The van der Waals surface area contributed by atoms with Gasteiger partial charge in [0, 0.05) is 30.6 Å². The summed E-state index contributed by atoms with van der Waals surface area (Å²) >= 11 is 0. The summed E-state index contributed by atoms with van der Waals surface area (Å²) in [6.45, 7) is 4.40. The minimum atomic E-state index is 0.00646. The molecular weight excluding hydrogens is 328 g/mol. The van der Waals surface area contributed by atoms with E-state index in [0.717, 1.165) is 63.1 Å². The number of piperidine rings is 1. The van der Waals surface area contributed by atoms with Gasteiger partial charge in [-0.1, -0.05) is 0 Å². The van der Waals surface area contributed by atoms with E-state index in [-0.39, 0.29) is 17.7 Å². The second-order valence-corrected chi connectivity index (χ2v) is 7.38. The fraction of sp³-hybridized carbons (Fsp3) is 0.619. The van der Waals surface area contributed by atoms with Crippen LogP contribution in [0, 0.1) is 11.8 Å². The molecule has 1 aliphatic carbocycles. The number of amides is 2. The Morgan fingerprint density at radius 2 is 1.62 bits per heavy atom. The zero-order valence-corrected chi connectivity index (χ0v) is 15.7. The van der Waals surface area contributed by atoms with Gasteiger partial charge in [0.05, 0.1) is 6.61 Å². The van der Waals surface area contributed by atoms with Gasteiger partial charge >= 0.3 is 0 Å². The average molecular weight is 358 g/mol. The molecule has 0 spiro atoms. The van der Waals surface area contributed by atoms with Gasteiger partial charge in [0.15, 0.2) is 0 Å². The van der Waals surface area contributed by atoms with Crippen molar-refractivity contribution in [2.75, 3.05) is 25.0 Å². The summed E-state index contributed by atoms with van der Waals surface area (Å²) in [6.07, 6.45) is 6.76. The van der Waals surface area contributed by atoms with Crippen molar-refractivity contribution in [3.8, 4) is 5.75 Å². The van der Waals surface area contributed by atoms with E-state index < -0.39 is 0 Å². The topological polar surface area (TPSA) is 58.6 Å². The molecule has 2 amide bonds. The maximum absolute atomic E-state index is 12.6. The Kier molecular flexibility index (Phi) is 6.53. The molecule has 5 nitrogen and oxygen atoms in total. The number of benzene rings is 1. The molecule has 26 heavy (non-hydrogen) atoms. The Hall–Kier alpha value is -2.04. The lowest BCUT2D eigenvalue weighted by molar-refractivity contribution is -0.138. The largest absolute Gasteiger partial charge is 0.494 e. The van der Waals surface area contributed by atoms with Gasteiger partial charge < -0.3 is 15.0 Å². The molecule has 0 unspecified atom stereocenters. The van der Waals surface area contributed by atoms with Crippen molar-refractivity contribution in [2.24, 2.45) is 11.8 Å². The monoisotopic (exact) mass is 358 g/mol. The van der Waals surface area contributed by atoms with E-state index in [1.165, 1.54) is 6.42 Å². The van der Waals surface area contributed by atoms with Crippen molar-refractivity contribution in [3.63, 3.8) is 0 Å². The second-order valence-electron chi connectivity index (χ2n) is 7.38. The molecule has 0 radical (unpaired) electrons. The highest BCUT2D eigenvalue weighted by Crippen LogP contribution is 2.31. The molecule has 5 heteroatoms. The number of anilines is 1. The van der Waals surface area contributed by atoms with E-state index >= 15 is 0 Å². The quantitative estimate of drug-likeness (QED) is 0.870. The van der Waals surface area contributed by atoms with Crippen LogP contribution in [0.5, 0.6) is 5.75 Å². The van der Waals surface area contributed by atoms with Crippen molar-refractivity contribution in [1.29, 1.82) is 0 Å². The Balaban J connectivity index is 1.46. The minimum Gasteiger partial charge on any atom is -0.494 e.